The molecule has 2 saturated heterocycles. The Labute approximate surface area is 169 Å². The number of amides is 2. The summed E-state index contributed by atoms with van der Waals surface area (Å²) in [7, 11) is 0. The van der Waals surface area contributed by atoms with E-state index in [1.165, 1.54) is 0 Å². The summed E-state index contributed by atoms with van der Waals surface area (Å²) in [6, 6.07) is 7.41. The number of anilines is 3. The van der Waals surface area contributed by atoms with Crippen LogP contribution in [0.5, 0.6) is 0 Å². The van der Waals surface area contributed by atoms with Gasteiger partial charge in [-0.2, -0.15) is 0 Å². The highest BCUT2D eigenvalue weighted by Crippen LogP contribution is 2.36. The summed E-state index contributed by atoms with van der Waals surface area (Å²) in [6.07, 6.45) is 6.53. The molecule has 5 rings (SSSR count). The van der Waals surface area contributed by atoms with Crippen molar-refractivity contribution in [1.82, 2.24) is 14.9 Å². The Morgan fingerprint density at radius 2 is 1.83 bits per heavy atom. The van der Waals surface area contributed by atoms with Crippen LogP contribution in [0.3, 0.4) is 0 Å². The number of hydrogen-bond donors (Lipinski definition) is 1. The smallest absolute Gasteiger partial charge is 0.254 e. The molecule has 1 aromatic heterocycles. The quantitative estimate of drug-likeness (QED) is 0.839. The van der Waals surface area contributed by atoms with E-state index in [1.54, 1.807) is 18.5 Å². The fourth-order valence-electron chi connectivity index (χ4n) is 4.47. The zero-order chi connectivity index (χ0) is 19.8. The molecule has 150 valence electrons. The first-order valence-corrected chi connectivity index (χ1v) is 10.2. The number of piperidine rings is 1. The minimum atomic E-state index is -0.0777. The van der Waals surface area contributed by atoms with Crippen LogP contribution < -0.4 is 15.1 Å². The van der Waals surface area contributed by atoms with E-state index in [4.69, 9.17) is 0 Å². The van der Waals surface area contributed by atoms with Crippen molar-refractivity contribution in [2.75, 3.05) is 47.8 Å². The molecule has 0 saturated carbocycles. The third kappa shape index (κ3) is 3.28. The zero-order valence-electron chi connectivity index (χ0n) is 16.3. The number of nitrogens with one attached hydrogen (secondary N) is 1. The topological polar surface area (TPSA) is 81.7 Å². The van der Waals surface area contributed by atoms with E-state index in [0.717, 1.165) is 37.2 Å². The average Bonchev–Trinajstić information content (AvgIpc) is 2.79. The maximum Gasteiger partial charge on any atom is 0.254 e. The third-order valence-corrected chi connectivity index (χ3v) is 6.02. The normalized spacial score (nSPS) is 21.3. The maximum absolute atomic E-state index is 13.0. The number of carbonyl (C=O) groups excluding carboxylic acids is 2. The number of carbonyl (C=O) groups is 2. The Hall–Kier alpha value is -3.16. The van der Waals surface area contributed by atoms with Crippen LogP contribution in [-0.4, -0.2) is 65.4 Å². The molecule has 2 aromatic rings. The molecule has 0 aliphatic carbocycles. The van der Waals surface area contributed by atoms with Crippen molar-refractivity contribution in [2.45, 2.75) is 25.3 Å². The van der Waals surface area contributed by atoms with Crippen molar-refractivity contribution in [3.8, 4) is 0 Å². The fraction of sp³-hybridized carbons (Fsp3) is 0.429. The summed E-state index contributed by atoms with van der Waals surface area (Å²) in [4.78, 5) is 40.2. The molecule has 2 fully saturated rings. The van der Waals surface area contributed by atoms with Gasteiger partial charge in [-0.15, -0.1) is 0 Å². The molecule has 3 aliphatic heterocycles. The Morgan fingerprint density at radius 3 is 2.62 bits per heavy atom. The van der Waals surface area contributed by atoms with Gasteiger partial charge in [-0.3, -0.25) is 9.59 Å². The number of benzene rings is 1. The van der Waals surface area contributed by atoms with Gasteiger partial charge in [-0.1, -0.05) is 0 Å². The number of hydrogen-bond acceptors (Lipinski definition) is 6. The van der Waals surface area contributed by atoms with Crippen LogP contribution in [0.2, 0.25) is 0 Å². The number of rotatable bonds is 2. The molecule has 1 aromatic carbocycles. The summed E-state index contributed by atoms with van der Waals surface area (Å²) in [5.74, 6) is 0.738. The molecule has 4 heterocycles. The Kier molecular flexibility index (Phi) is 4.54. The Balaban J connectivity index is 1.30. The third-order valence-electron chi connectivity index (χ3n) is 6.02. The van der Waals surface area contributed by atoms with E-state index in [0.29, 0.717) is 37.7 Å². The molecular formula is C21H24N6O2. The minimum Gasteiger partial charge on any atom is -0.358 e. The van der Waals surface area contributed by atoms with Gasteiger partial charge in [-0.25, -0.2) is 9.97 Å². The highest BCUT2D eigenvalue weighted by molar-refractivity contribution is 6.05. The summed E-state index contributed by atoms with van der Waals surface area (Å²) in [5.41, 5.74) is 2.39. The van der Waals surface area contributed by atoms with Gasteiger partial charge >= 0.3 is 0 Å². The van der Waals surface area contributed by atoms with Gasteiger partial charge in [-0.05, 0) is 43.5 Å². The molecule has 8 heteroatoms. The summed E-state index contributed by atoms with van der Waals surface area (Å²) < 4.78 is 0. The van der Waals surface area contributed by atoms with Crippen LogP contribution in [0.25, 0.3) is 0 Å². The van der Waals surface area contributed by atoms with Gasteiger partial charge in [0.1, 0.15) is 6.04 Å². The summed E-state index contributed by atoms with van der Waals surface area (Å²) in [5, 5.41) is 3.01. The van der Waals surface area contributed by atoms with Crippen LogP contribution in [0.15, 0.2) is 36.7 Å². The van der Waals surface area contributed by atoms with Crippen molar-refractivity contribution in [3.05, 3.63) is 42.2 Å². The van der Waals surface area contributed by atoms with Crippen LogP contribution in [0, 0.1) is 0 Å². The second-order valence-corrected chi connectivity index (χ2v) is 7.75. The highest BCUT2D eigenvalue weighted by Gasteiger charge is 2.35. The molecule has 1 unspecified atom stereocenters. The van der Waals surface area contributed by atoms with Gasteiger partial charge < -0.3 is 20.0 Å². The van der Waals surface area contributed by atoms with Crippen molar-refractivity contribution in [2.24, 2.45) is 0 Å². The molecule has 3 aliphatic rings. The van der Waals surface area contributed by atoms with Gasteiger partial charge in [0.25, 0.3) is 5.91 Å². The molecule has 0 spiro atoms. The lowest BCUT2D eigenvalue weighted by Gasteiger charge is -2.41. The van der Waals surface area contributed by atoms with Gasteiger partial charge in [0.05, 0.1) is 11.4 Å². The first kappa shape index (κ1) is 17.9. The molecule has 0 bridgehead atoms. The molecule has 2 amide bonds. The number of piperazine rings is 1. The van der Waals surface area contributed by atoms with Crippen LogP contribution in [0.4, 0.5) is 17.3 Å². The minimum absolute atomic E-state index is 0.00329. The second-order valence-electron chi connectivity index (χ2n) is 7.75. The van der Waals surface area contributed by atoms with Crippen LogP contribution in [-0.2, 0) is 4.79 Å². The average molecular weight is 392 g/mol. The van der Waals surface area contributed by atoms with E-state index in [-0.39, 0.29) is 17.9 Å². The fourth-order valence-corrected chi connectivity index (χ4v) is 4.47. The lowest BCUT2D eigenvalue weighted by Crippen LogP contribution is -2.51. The van der Waals surface area contributed by atoms with E-state index < -0.39 is 0 Å². The lowest BCUT2D eigenvalue weighted by molar-refractivity contribution is -0.118. The SMILES string of the molecule is O=C1Nc2cc(C(=O)N3CCN(c4ncccn4)CC3)ccc2N2CCCCC12. The largest absolute Gasteiger partial charge is 0.358 e. The van der Waals surface area contributed by atoms with Crippen molar-refractivity contribution in [1.29, 1.82) is 0 Å². The summed E-state index contributed by atoms with van der Waals surface area (Å²) >= 11 is 0. The van der Waals surface area contributed by atoms with E-state index in [9.17, 15) is 9.59 Å². The maximum atomic E-state index is 13.0. The van der Waals surface area contributed by atoms with E-state index in [2.05, 4.69) is 25.1 Å². The predicted molar refractivity (Wildman–Crippen MR) is 110 cm³/mol. The number of aromatic nitrogens is 2. The molecule has 8 nitrogen and oxygen atoms in total. The van der Waals surface area contributed by atoms with Gasteiger partial charge in [0.2, 0.25) is 11.9 Å². The Morgan fingerprint density at radius 1 is 1.03 bits per heavy atom. The highest BCUT2D eigenvalue weighted by atomic mass is 16.2. The van der Waals surface area contributed by atoms with E-state index in [1.807, 2.05) is 23.1 Å². The van der Waals surface area contributed by atoms with Gasteiger partial charge in [0, 0.05) is 50.7 Å². The van der Waals surface area contributed by atoms with Crippen LogP contribution in [0.1, 0.15) is 29.6 Å². The number of nitrogens with zero attached hydrogens (tertiary/aromatic N) is 5. The van der Waals surface area contributed by atoms with Crippen molar-refractivity contribution >= 4 is 29.1 Å². The standard InChI is InChI=1S/C21H24N6O2/c28-19-18-4-1-2-9-27(18)17-6-5-15(14-16(17)24-19)20(29)25-10-12-26(13-11-25)21-22-7-3-8-23-21/h3,5-8,14,18H,1-2,4,9-13H2,(H,24,28). The predicted octanol–water partition coefficient (Wildman–Crippen LogP) is 1.75. The zero-order valence-corrected chi connectivity index (χ0v) is 16.3. The molecular weight excluding hydrogens is 368 g/mol. The first-order valence-electron chi connectivity index (χ1n) is 10.2. The molecule has 1 N–H and O–H groups in total. The second kappa shape index (κ2) is 7.35. The summed E-state index contributed by atoms with van der Waals surface area (Å²) in [6.45, 7) is 3.53. The van der Waals surface area contributed by atoms with E-state index >= 15 is 0 Å². The van der Waals surface area contributed by atoms with Crippen LogP contribution >= 0.6 is 0 Å². The monoisotopic (exact) mass is 392 g/mol. The first-order chi connectivity index (χ1) is 14.2. The Bertz CT molecular complexity index is 926. The molecule has 0 radical (unpaired) electrons. The number of fused-ring (bicyclic) bond motifs is 3. The molecule has 1 atom stereocenters. The van der Waals surface area contributed by atoms with Crippen molar-refractivity contribution < 1.29 is 9.59 Å². The molecule has 29 heavy (non-hydrogen) atoms. The lowest BCUT2D eigenvalue weighted by atomic mass is 9.96. The van der Waals surface area contributed by atoms with Crippen molar-refractivity contribution in [3.63, 3.8) is 0 Å². The van der Waals surface area contributed by atoms with Gasteiger partial charge in [0.15, 0.2) is 0 Å².